The minimum atomic E-state index is -2.61. The third-order valence-electron chi connectivity index (χ3n) is 22.6. The fraction of sp³-hybridized carbons (Fsp3) is 0.142. The van der Waals surface area contributed by atoms with Gasteiger partial charge in [0.2, 0.25) is 5.69 Å². The fourth-order valence-corrected chi connectivity index (χ4v) is 15.5. The SMILES string of the molecule is CC(=N)c1ccc(C(=O)Cc2c(C(=O)Nc3ccc(Br)cc3)cnn2C)cc1.CC(=N)c1ccc(C(=O)Cc2c(C(=O)Nc3ccc(Cl)cc3NS(=O)[O-])cnn2C)cc1.CC(=N)c1ccc(C(=O)Cc2c(C(=O)Nc3ccc(F)cc3Cl)cnn2C)cc1.CC(=N)c1ccc(C(=O)Cc2c(C(=O)Nc3ccc(F)cc3F)cnn2C)cc1.[C-]#[N+]c1cc(Cl)ccc1NC(=O)c1cnn(C)c1CC(=O)c1ccc(C(C)=N)cc1. The number of hydrogen-bond acceptors (Lipinski definition) is 22. The number of rotatable bonds is 32. The number of carbonyl (C=O) groups is 10. The molecule has 0 saturated heterocycles. The van der Waals surface area contributed by atoms with Crippen molar-refractivity contribution in [3.05, 3.63) is 410 Å². The first-order valence-corrected chi connectivity index (χ1v) is 47.4. The zero-order valence-electron chi connectivity index (χ0n) is 80.6. The summed E-state index contributed by atoms with van der Waals surface area (Å²) in [6.07, 6.45) is 6.73. The maximum Gasteiger partial charge on any atom is 0.259 e. The molecule has 0 aliphatic rings. The number of amides is 5. The van der Waals surface area contributed by atoms with Crippen molar-refractivity contribution in [2.45, 2.75) is 66.7 Å². The van der Waals surface area contributed by atoms with Crippen LogP contribution in [0.2, 0.25) is 15.1 Å². The Kier molecular flexibility index (Phi) is 38.2. The molecule has 15 aromatic rings. The van der Waals surface area contributed by atoms with Gasteiger partial charge in [-0.3, -0.25) is 75.6 Å². The zero-order chi connectivity index (χ0) is 108. The van der Waals surface area contributed by atoms with E-state index < -0.39 is 52.3 Å². The minimum absolute atomic E-state index is 0.0154. The number of halogens is 7. The number of nitrogens with zero attached hydrogens (tertiary/aromatic N) is 11. The molecule has 34 nitrogen and oxygen atoms in total. The molecule has 15 rings (SSSR count). The lowest BCUT2D eigenvalue weighted by atomic mass is 10.0. The molecule has 10 aromatic carbocycles. The Bertz CT molecular complexity index is 7600. The van der Waals surface area contributed by atoms with Crippen LogP contribution < -0.4 is 31.3 Å². The number of anilines is 6. The lowest BCUT2D eigenvalue weighted by molar-refractivity contribution is 0.0978. The van der Waals surface area contributed by atoms with Crippen molar-refractivity contribution in [1.29, 1.82) is 27.0 Å². The second kappa shape index (κ2) is 50.9. The average molecular weight is 2140 g/mol. The van der Waals surface area contributed by atoms with Crippen LogP contribution in [0, 0.1) is 51.1 Å². The third kappa shape index (κ3) is 29.8. The summed E-state index contributed by atoms with van der Waals surface area (Å²) in [5.74, 6) is -5.56. The van der Waals surface area contributed by atoms with E-state index in [2.05, 4.69) is 77.6 Å². The number of aromatic nitrogens is 10. The predicted octanol–water partition coefficient (Wildman–Crippen LogP) is 20.3. The van der Waals surface area contributed by atoms with Crippen LogP contribution in [0.4, 0.5) is 53.0 Å². The highest BCUT2D eigenvalue weighted by Gasteiger charge is 2.28. The molecule has 0 spiro atoms. The van der Waals surface area contributed by atoms with Gasteiger partial charge in [0.1, 0.15) is 17.5 Å². The zero-order valence-corrected chi connectivity index (χ0v) is 85.2. The number of aryl methyl sites for hydroxylation is 5. The summed E-state index contributed by atoms with van der Waals surface area (Å²) in [7, 11) is 8.23. The van der Waals surface area contributed by atoms with Crippen molar-refractivity contribution < 1.29 is 69.9 Å². The second-order valence-electron chi connectivity index (χ2n) is 33.0. The highest BCUT2D eigenvalue weighted by atomic mass is 79.9. The van der Waals surface area contributed by atoms with Crippen LogP contribution in [0.3, 0.4) is 0 Å². The van der Waals surface area contributed by atoms with Gasteiger partial charge in [-0.2, -0.15) is 25.5 Å². The molecule has 5 amide bonds. The van der Waals surface area contributed by atoms with E-state index in [4.69, 9.17) is 68.4 Å². The Labute approximate surface area is 871 Å². The van der Waals surface area contributed by atoms with Gasteiger partial charge in [0.25, 0.3) is 29.5 Å². The van der Waals surface area contributed by atoms with Gasteiger partial charge in [-0.05, 0) is 153 Å². The maximum absolute atomic E-state index is 13.8. The summed E-state index contributed by atoms with van der Waals surface area (Å²) in [4.78, 5) is 130. The Morgan fingerprint density at radius 1 is 0.345 bits per heavy atom. The largest absolute Gasteiger partial charge is 0.755 e. The van der Waals surface area contributed by atoms with Gasteiger partial charge in [0.15, 0.2) is 28.9 Å². The van der Waals surface area contributed by atoms with Gasteiger partial charge in [-0.15, -0.1) is 0 Å². The lowest BCUT2D eigenvalue weighted by Gasteiger charge is -2.15. The van der Waals surface area contributed by atoms with Crippen LogP contribution >= 0.6 is 50.7 Å². The Hall–Kier alpha value is -17.2. The molecule has 0 aliphatic carbocycles. The van der Waals surface area contributed by atoms with E-state index in [9.17, 15) is 69.9 Å². The van der Waals surface area contributed by atoms with Crippen molar-refractivity contribution in [3.63, 3.8) is 0 Å². The highest BCUT2D eigenvalue weighted by Crippen LogP contribution is 2.33. The van der Waals surface area contributed by atoms with Gasteiger partial charge in [-0.25, -0.2) is 18.0 Å². The van der Waals surface area contributed by atoms with E-state index >= 15 is 0 Å². The normalized spacial score (nSPS) is 10.8. The Morgan fingerprint density at radius 2 is 0.601 bits per heavy atom. The first-order chi connectivity index (χ1) is 70.3. The number of carbonyl (C=O) groups excluding carboxylic acids is 10. The molecule has 5 aromatic heterocycles. The quantitative estimate of drug-likeness (QED) is 0.00807. The maximum atomic E-state index is 13.8. The fourth-order valence-electron chi connectivity index (χ4n) is 14.3. The molecular formula is C106H92BrCl3F3N22O12S-. The molecule has 5 heterocycles. The highest BCUT2D eigenvalue weighted by molar-refractivity contribution is 9.10. The van der Waals surface area contributed by atoms with Crippen molar-refractivity contribution in [3.8, 4) is 0 Å². The van der Waals surface area contributed by atoms with Crippen molar-refractivity contribution >= 4 is 189 Å². The summed E-state index contributed by atoms with van der Waals surface area (Å²) >= 11 is 18.5. The van der Waals surface area contributed by atoms with E-state index in [1.165, 1.54) is 86.1 Å². The van der Waals surface area contributed by atoms with Gasteiger partial charge in [-0.1, -0.05) is 172 Å². The van der Waals surface area contributed by atoms with Crippen molar-refractivity contribution in [2.75, 3.05) is 31.3 Å². The predicted molar refractivity (Wildman–Crippen MR) is 564 cm³/mol. The molecule has 0 fully saturated rings. The van der Waals surface area contributed by atoms with Crippen molar-refractivity contribution in [2.24, 2.45) is 35.2 Å². The molecule has 0 saturated carbocycles. The van der Waals surface area contributed by atoms with Gasteiger partial charge in [0.05, 0.1) is 154 Å². The van der Waals surface area contributed by atoms with E-state index in [1.807, 2.05) is 12.1 Å². The number of Topliss-reactive ketones (excluding diaryl/α,β-unsaturated/α-hetero) is 5. The average Bonchev–Trinajstić information content (AvgIpc) is 1.67. The topological polar surface area (TPSA) is 496 Å². The lowest BCUT2D eigenvalue weighted by Crippen LogP contribution is -2.18. The van der Waals surface area contributed by atoms with Crippen LogP contribution in [0.25, 0.3) is 4.85 Å². The third-order valence-corrected chi connectivity index (χ3v) is 24.3. The summed E-state index contributed by atoms with van der Waals surface area (Å²) < 4.78 is 72.5. The summed E-state index contributed by atoms with van der Waals surface area (Å²) in [5.41, 5.74) is 13.1. The molecule has 1 atom stereocenters. The molecule has 0 radical (unpaired) electrons. The number of benzene rings is 10. The van der Waals surface area contributed by atoms with Crippen LogP contribution in [-0.2, 0) is 78.6 Å². The number of ketones is 5. The second-order valence-corrected chi connectivity index (χ2v) is 35.8. The van der Waals surface area contributed by atoms with E-state index in [0.717, 1.165) is 39.4 Å². The first kappa shape index (κ1) is 111. The Balaban J connectivity index is 0.000000176. The summed E-state index contributed by atoms with van der Waals surface area (Å²) in [6.45, 7) is 15.6. The van der Waals surface area contributed by atoms with Crippen LogP contribution in [-0.4, -0.2) is 145 Å². The molecule has 0 bridgehead atoms. The monoisotopic (exact) mass is 2140 g/mol. The van der Waals surface area contributed by atoms with Crippen LogP contribution in [0.5, 0.6) is 0 Å². The first-order valence-electron chi connectivity index (χ1n) is 44.4. The molecule has 0 aliphatic heterocycles. The van der Waals surface area contributed by atoms with E-state index in [-0.39, 0.29) is 128 Å². The smallest absolute Gasteiger partial charge is 0.259 e. The molecular weight excluding hydrogens is 2050 g/mol. The molecule has 42 heteroatoms. The van der Waals surface area contributed by atoms with Gasteiger partial charge in [0, 0.05) is 135 Å². The van der Waals surface area contributed by atoms with Crippen LogP contribution in [0.1, 0.15) is 194 Å². The summed E-state index contributed by atoms with van der Waals surface area (Å²) in [5, 5.41) is 72.5. The van der Waals surface area contributed by atoms with Crippen LogP contribution in [0.15, 0.2) is 254 Å². The molecule has 1 unspecified atom stereocenters. The Morgan fingerprint density at radius 3 is 0.892 bits per heavy atom. The van der Waals surface area contributed by atoms with Gasteiger partial charge < -0.3 is 62.9 Å². The van der Waals surface area contributed by atoms with Gasteiger partial charge >= 0.3 is 0 Å². The molecule has 11 N–H and O–H groups in total. The standard InChI is InChI=1S/C22H18ClN5O2.C21H19BrN4O2.C21H18ClFN4O2.C21H20ClN5O4S.C21H18F2N4O2/c1-13(24)14-4-6-15(7-5-14)21(29)11-20-17(12-26-28(20)3)22(30)27-18-9-8-16(23)10-19(18)25-2;1-13(23)14-3-5-15(6-4-14)20(27)11-19-18(12-24-26(19)2)21(28)25-17-9-7-16(22)8-10-17;1-12(24)13-3-5-14(6-4-13)20(28)10-19-16(11-25-27(19)2)21(29)26-18-8-7-15(23)9-17(18)22;1-12(23)13-3-5-14(6-4-13)20(28)10-19-16(11-24-27(19)2)21(29)25-17-8-7-15(22)9-18(17)26-32(30)31;1-12(24)13-3-5-14(6-4-13)20(28)10-19-16(11-25-27(19)2)21(29)26-18-8-7-15(22)9-17(18)23/h4-10,12,24H,11H2,1,3H3,(H,27,30);3-10,12,23H,11H2,1-2H3,(H,25,28);3-9,11,24H,10H2,1-2H3,(H,26,29);3-9,11,23,26H,10H2,1-2H3,(H,25,29)(H,30,31);3-9,11,24H,10H2,1-2H3,(H,26,29)/p-1. The van der Waals surface area contributed by atoms with Crippen molar-refractivity contribution in [1.82, 2.24) is 48.9 Å². The summed E-state index contributed by atoms with van der Waals surface area (Å²) in [6, 6.07) is 56.4. The van der Waals surface area contributed by atoms with E-state index in [1.54, 1.807) is 220 Å². The molecule has 754 valence electrons. The number of hydrogen-bond donors (Lipinski definition) is 11. The minimum Gasteiger partial charge on any atom is -0.755 e. The van der Waals surface area contributed by atoms with E-state index in [0.29, 0.717) is 124 Å². The number of nitrogens with one attached hydrogen (secondary N) is 11. The molecule has 148 heavy (non-hydrogen) atoms.